The van der Waals surface area contributed by atoms with Crippen molar-refractivity contribution >= 4 is 30.7 Å². The Morgan fingerprint density at radius 2 is 1.88 bits per heavy atom. The molecule has 2 atom stereocenters. The lowest BCUT2D eigenvalue weighted by atomic mass is 9.93. The van der Waals surface area contributed by atoms with Crippen molar-refractivity contribution in [2.24, 2.45) is 5.92 Å². The SMILES string of the molecule is CC(c1ccccc1)N1CCC(NC(=O)CCC2CCNCC2)C1.Cl.Cl. The molecule has 6 heteroatoms. The third kappa shape index (κ3) is 6.73. The molecule has 2 unspecified atom stereocenters. The molecule has 2 saturated heterocycles. The van der Waals surface area contributed by atoms with E-state index in [1.807, 2.05) is 0 Å². The quantitative estimate of drug-likeness (QED) is 0.765. The van der Waals surface area contributed by atoms with Gasteiger partial charge in [-0.2, -0.15) is 0 Å². The third-order valence-corrected chi connectivity index (χ3v) is 5.65. The lowest BCUT2D eigenvalue weighted by molar-refractivity contribution is -0.122. The number of halogens is 2. The summed E-state index contributed by atoms with van der Waals surface area (Å²) < 4.78 is 0. The number of benzene rings is 1. The summed E-state index contributed by atoms with van der Waals surface area (Å²) in [5.74, 6) is 0.975. The van der Waals surface area contributed by atoms with Gasteiger partial charge in [0.05, 0.1) is 0 Å². The number of likely N-dealkylation sites (tertiary alicyclic amines) is 1. The van der Waals surface area contributed by atoms with Crippen LogP contribution >= 0.6 is 24.8 Å². The highest BCUT2D eigenvalue weighted by molar-refractivity contribution is 5.85. The van der Waals surface area contributed by atoms with E-state index >= 15 is 0 Å². The highest BCUT2D eigenvalue weighted by Gasteiger charge is 2.27. The zero-order valence-corrected chi connectivity index (χ0v) is 17.3. The Labute approximate surface area is 170 Å². The van der Waals surface area contributed by atoms with Crippen LogP contribution in [-0.2, 0) is 4.79 Å². The zero-order valence-electron chi connectivity index (χ0n) is 15.7. The van der Waals surface area contributed by atoms with Crippen LogP contribution in [0.4, 0.5) is 0 Å². The molecule has 26 heavy (non-hydrogen) atoms. The van der Waals surface area contributed by atoms with Crippen molar-refractivity contribution in [1.82, 2.24) is 15.5 Å². The predicted octanol–water partition coefficient (Wildman–Crippen LogP) is 3.56. The topological polar surface area (TPSA) is 44.4 Å². The fourth-order valence-corrected chi connectivity index (χ4v) is 4.00. The number of amides is 1. The van der Waals surface area contributed by atoms with E-state index in [9.17, 15) is 4.79 Å². The molecule has 4 nitrogen and oxygen atoms in total. The van der Waals surface area contributed by atoms with Crippen LogP contribution in [0.5, 0.6) is 0 Å². The van der Waals surface area contributed by atoms with E-state index in [0.717, 1.165) is 44.9 Å². The van der Waals surface area contributed by atoms with Crippen LogP contribution < -0.4 is 10.6 Å². The summed E-state index contributed by atoms with van der Waals surface area (Å²) in [4.78, 5) is 14.7. The summed E-state index contributed by atoms with van der Waals surface area (Å²) >= 11 is 0. The average molecular weight is 402 g/mol. The summed E-state index contributed by atoms with van der Waals surface area (Å²) in [6.07, 6.45) is 5.24. The van der Waals surface area contributed by atoms with Gasteiger partial charge < -0.3 is 10.6 Å². The Bertz CT molecular complexity index is 523. The molecular formula is C20H33Cl2N3O. The molecule has 2 N–H and O–H groups in total. The van der Waals surface area contributed by atoms with Gasteiger partial charge in [0, 0.05) is 31.6 Å². The minimum atomic E-state index is 0. The third-order valence-electron chi connectivity index (χ3n) is 5.65. The van der Waals surface area contributed by atoms with Crippen LogP contribution in [0.15, 0.2) is 30.3 Å². The first kappa shape index (κ1) is 23.2. The first-order valence-electron chi connectivity index (χ1n) is 9.51. The minimum Gasteiger partial charge on any atom is -0.352 e. The Balaban J connectivity index is 0.00000169. The molecule has 3 rings (SSSR count). The number of hydrogen-bond acceptors (Lipinski definition) is 3. The molecule has 1 amide bonds. The summed E-state index contributed by atoms with van der Waals surface area (Å²) in [6, 6.07) is 11.4. The van der Waals surface area contributed by atoms with Crippen molar-refractivity contribution in [1.29, 1.82) is 0 Å². The number of hydrogen-bond donors (Lipinski definition) is 2. The zero-order chi connectivity index (χ0) is 16.8. The van der Waals surface area contributed by atoms with Crippen molar-refractivity contribution in [2.45, 2.75) is 51.1 Å². The van der Waals surface area contributed by atoms with Crippen LogP contribution in [0.3, 0.4) is 0 Å². The maximum atomic E-state index is 12.2. The molecule has 0 radical (unpaired) electrons. The summed E-state index contributed by atoms with van der Waals surface area (Å²) in [6.45, 7) is 6.52. The fourth-order valence-electron chi connectivity index (χ4n) is 4.00. The molecule has 2 aliphatic rings. The smallest absolute Gasteiger partial charge is 0.220 e. The van der Waals surface area contributed by atoms with E-state index < -0.39 is 0 Å². The molecule has 2 heterocycles. The standard InChI is InChI=1S/C20H31N3O.2ClH/c1-16(18-5-3-2-4-6-18)23-14-11-19(15-23)22-20(24)8-7-17-9-12-21-13-10-17;;/h2-6,16-17,19,21H,7-15H2,1H3,(H,22,24);2*1H. The van der Waals surface area contributed by atoms with Crippen LogP contribution in [0.2, 0.25) is 0 Å². The van der Waals surface area contributed by atoms with Gasteiger partial charge in [-0.1, -0.05) is 30.3 Å². The predicted molar refractivity (Wildman–Crippen MR) is 112 cm³/mol. The molecule has 0 aromatic heterocycles. The summed E-state index contributed by atoms with van der Waals surface area (Å²) in [7, 11) is 0. The summed E-state index contributed by atoms with van der Waals surface area (Å²) in [5, 5.41) is 6.64. The number of rotatable bonds is 6. The second kappa shape index (κ2) is 11.8. The minimum absolute atomic E-state index is 0. The van der Waals surface area contributed by atoms with Gasteiger partial charge in [-0.05, 0) is 57.2 Å². The van der Waals surface area contributed by atoms with Crippen LogP contribution in [0.25, 0.3) is 0 Å². The van der Waals surface area contributed by atoms with Gasteiger partial charge >= 0.3 is 0 Å². The highest BCUT2D eigenvalue weighted by atomic mass is 35.5. The number of carbonyl (C=O) groups is 1. The fraction of sp³-hybridized carbons (Fsp3) is 0.650. The molecule has 0 bridgehead atoms. The van der Waals surface area contributed by atoms with E-state index in [2.05, 4.69) is 52.8 Å². The van der Waals surface area contributed by atoms with Crippen molar-refractivity contribution in [2.75, 3.05) is 26.2 Å². The number of nitrogens with one attached hydrogen (secondary N) is 2. The molecule has 2 fully saturated rings. The van der Waals surface area contributed by atoms with Gasteiger partial charge in [0.25, 0.3) is 0 Å². The second-order valence-corrected chi connectivity index (χ2v) is 7.37. The Hall–Kier alpha value is -0.810. The largest absolute Gasteiger partial charge is 0.352 e. The maximum absolute atomic E-state index is 12.2. The number of nitrogens with zero attached hydrogens (tertiary/aromatic N) is 1. The Kier molecular flexibility index (Phi) is 10.6. The first-order chi connectivity index (χ1) is 11.7. The van der Waals surface area contributed by atoms with E-state index in [1.54, 1.807) is 0 Å². The van der Waals surface area contributed by atoms with Crippen molar-refractivity contribution in [3.05, 3.63) is 35.9 Å². The Morgan fingerprint density at radius 1 is 1.19 bits per heavy atom. The van der Waals surface area contributed by atoms with Gasteiger partial charge in [-0.15, -0.1) is 24.8 Å². The van der Waals surface area contributed by atoms with E-state index in [1.165, 1.54) is 18.4 Å². The van der Waals surface area contributed by atoms with E-state index in [4.69, 9.17) is 0 Å². The lowest BCUT2D eigenvalue weighted by Gasteiger charge is -2.25. The first-order valence-corrected chi connectivity index (χ1v) is 9.51. The number of piperidine rings is 1. The molecular weight excluding hydrogens is 369 g/mol. The van der Waals surface area contributed by atoms with Gasteiger partial charge in [0.1, 0.15) is 0 Å². The molecule has 1 aromatic carbocycles. The average Bonchev–Trinajstić information content (AvgIpc) is 3.09. The maximum Gasteiger partial charge on any atom is 0.220 e. The molecule has 0 saturated carbocycles. The molecule has 0 aliphatic carbocycles. The van der Waals surface area contributed by atoms with Crippen LogP contribution in [0.1, 0.15) is 50.6 Å². The molecule has 2 aliphatic heterocycles. The molecule has 1 aromatic rings. The summed E-state index contributed by atoms with van der Waals surface area (Å²) in [5.41, 5.74) is 1.36. The van der Waals surface area contributed by atoms with Gasteiger partial charge in [-0.25, -0.2) is 0 Å². The van der Waals surface area contributed by atoms with E-state index in [-0.39, 0.29) is 30.7 Å². The van der Waals surface area contributed by atoms with Crippen LogP contribution in [-0.4, -0.2) is 43.0 Å². The van der Waals surface area contributed by atoms with Crippen molar-refractivity contribution in [3.63, 3.8) is 0 Å². The van der Waals surface area contributed by atoms with Gasteiger partial charge in [0.2, 0.25) is 5.91 Å². The van der Waals surface area contributed by atoms with Gasteiger partial charge in [-0.3, -0.25) is 9.69 Å². The number of carbonyl (C=O) groups excluding carboxylic acids is 1. The van der Waals surface area contributed by atoms with Crippen molar-refractivity contribution in [3.8, 4) is 0 Å². The molecule has 148 valence electrons. The Morgan fingerprint density at radius 3 is 2.58 bits per heavy atom. The highest BCUT2D eigenvalue weighted by Crippen LogP contribution is 2.24. The monoisotopic (exact) mass is 401 g/mol. The van der Waals surface area contributed by atoms with Crippen LogP contribution in [0, 0.1) is 5.92 Å². The molecule has 0 spiro atoms. The van der Waals surface area contributed by atoms with E-state index in [0.29, 0.717) is 18.5 Å². The lowest BCUT2D eigenvalue weighted by Crippen LogP contribution is -2.38. The second-order valence-electron chi connectivity index (χ2n) is 7.37. The van der Waals surface area contributed by atoms with Crippen molar-refractivity contribution < 1.29 is 4.79 Å². The van der Waals surface area contributed by atoms with Gasteiger partial charge in [0.15, 0.2) is 0 Å². The normalized spacial score (nSPS) is 22.1.